The van der Waals surface area contributed by atoms with Gasteiger partial charge in [0.1, 0.15) is 121 Å². The van der Waals surface area contributed by atoms with Gasteiger partial charge in [-0.2, -0.15) is 0 Å². The lowest BCUT2D eigenvalue weighted by molar-refractivity contribution is 0.450. The zero-order valence-electron chi connectivity index (χ0n) is 71.1. The van der Waals surface area contributed by atoms with Crippen LogP contribution in [-0.2, 0) is 0 Å². The van der Waals surface area contributed by atoms with Crippen molar-refractivity contribution < 1.29 is 140 Å². The Morgan fingerprint density at radius 3 is 0.403 bits per heavy atom. The van der Waals surface area contributed by atoms with Crippen molar-refractivity contribution in [3.05, 3.63) is 374 Å². The van der Waals surface area contributed by atoms with Crippen LogP contribution in [0.5, 0.6) is 0 Å². The van der Waals surface area contributed by atoms with E-state index in [0.29, 0.717) is 0 Å². The molecule has 0 amide bonds. The number of unbranched alkanes of at least 4 members (excludes halogenated alkanes) is 4. The van der Waals surface area contributed by atoms with Gasteiger partial charge in [0.15, 0.2) is 93.1 Å². The predicted octanol–water partition coefficient (Wildman–Crippen LogP) is 25.1. The summed E-state index contributed by atoms with van der Waals surface area (Å²) in [6.07, 6.45) is 4.69. The van der Waals surface area contributed by atoms with E-state index >= 15 is 140 Å². The first-order valence-electron chi connectivity index (χ1n) is 40.5. The summed E-state index contributed by atoms with van der Waals surface area (Å²) < 4.78 is 503. The van der Waals surface area contributed by atoms with Crippen LogP contribution in [0.2, 0.25) is 0 Å². The van der Waals surface area contributed by atoms with E-state index in [4.69, 9.17) is 0 Å². The molecule has 0 aliphatic heterocycles. The van der Waals surface area contributed by atoms with Crippen molar-refractivity contribution in [2.45, 2.75) is 79.1 Å². The van der Waals surface area contributed by atoms with Gasteiger partial charge in [-0.25, -0.2) is 140 Å². The zero-order valence-corrected chi connectivity index (χ0v) is 73.0. The monoisotopic (exact) mass is 1940 g/mol. The molecule has 0 radical (unpaired) electrons. The first-order chi connectivity index (χ1) is 63.4. The van der Waals surface area contributed by atoms with Crippen molar-refractivity contribution in [2.24, 2.45) is 0 Å². The second-order valence-electron chi connectivity index (χ2n) is 30.2. The van der Waals surface area contributed by atoms with Gasteiger partial charge in [0, 0.05) is 7.26 Å². The summed E-state index contributed by atoms with van der Waals surface area (Å²) in [5.74, 6) is -95.0. The van der Waals surface area contributed by atoms with Crippen molar-refractivity contribution in [3.8, 4) is 0 Å². The molecule has 11 aromatic rings. The van der Waals surface area contributed by atoms with E-state index in [1.807, 2.05) is 0 Å². The minimum atomic E-state index is -6.71. The van der Waals surface area contributed by atoms with Crippen LogP contribution in [0.4, 0.5) is 140 Å². The fraction of sp³-hybridized carbons (Fsp3) is 0.163. The lowest BCUT2D eigenvalue weighted by Crippen LogP contribution is -2.81. The Morgan fingerprint density at radius 2 is 0.306 bits per heavy atom. The van der Waals surface area contributed by atoms with E-state index in [0.717, 1.165) is 0 Å². The second kappa shape index (κ2) is 45.0. The average Bonchev–Trinajstić information content (AvgIpc) is 0.682. The van der Waals surface area contributed by atoms with E-state index < -0.39 is 302 Å². The summed E-state index contributed by atoms with van der Waals surface area (Å²) in [6.45, 7) is 32.0. The van der Waals surface area contributed by atoms with Crippen molar-refractivity contribution >= 4 is 136 Å². The first-order valence-corrected chi connectivity index (χ1v) is 44.5. The van der Waals surface area contributed by atoms with Crippen LogP contribution in [0.3, 0.4) is 0 Å². The molecule has 0 bridgehead atoms. The Hall–Kier alpha value is -11.9. The van der Waals surface area contributed by atoms with Crippen LogP contribution in [0.15, 0.2) is 144 Å². The molecule has 708 valence electrons. The summed E-state index contributed by atoms with van der Waals surface area (Å²) in [5.41, 5.74) is -39.3. The topological polar surface area (TPSA) is 0 Å². The maximum Gasteiger partial charge on any atom is 0.165 e. The van der Waals surface area contributed by atoms with E-state index in [9.17, 15) is 0 Å². The average molecular weight is 1950 g/mol. The Morgan fingerprint density at radius 1 is 0.194 bits per heavy atom. The Labute approximate surface area is 750 Å². The second-order valence-corrected chi connectivity index (χ2v) is 37.1. The molecule has 11 rings (SSSR count). The van der Waals surface area contributed by atoms with Crippen molar-refractivity contribution in [2.75, 3.05) is 24.6 Å². The quantitative estimate of drug-likeness (QED) is 0.0176. The highest BCUT2D eigenvalue weighted by molar-refractivity contribution is 7.79. The van der Waals surface area contributed by atoms with Crippen molar-refractivity contribution in [3.63, 3.8) is 0 Å². The van der Waals surface area contributed by atoms with Gasteiger partial charge in [-0.1, -0.05) is 209 Å². The summed E-state index contributed by atoms with van der Waals surface area (Å²) >= 11 is 0. The lowest BCUT2D eigenvalue weighted by atomic mass is 9.12. The Balaban J connectivity index is 0.000000242. The molecule has 36 heteroatoms. The van der Waals surface area contributed by atoms with Crippen LogP contribution in [0.1, 0.15) is 124 Å². The molecule has 0 aromatic heterocycles. The number of halogens is 32. The Bertz CT molecular complexity index is 5130. The zero-order chi connectivity index (χ0) is 100. The fourth-order valence-electron chi connectivity index (χ4n) is 16.5. The van der Waals surface area contributed by atoms with E-state index in [2.05, 4.69) is 171 Å². The highest BCUT2D eigenvalue weighted by Crippen LogP contribution is 2.61. The van der Waals surface area contributed by atoms with E-state index in [-0.39, 0.29) is 48.6 Å². The minimum absolute atomic E-state index is 0.0213. The molecule has 0 nitrogen and oxygen atoms in total. The molecular weight excluding hydrogens is 1870 g/mol. The normalized spacial score (nSPS) is 11.5. The molecule has 0 saturated heterocycles. The third-order valence-electron chi connectivity index (χ3n) is 22.9. The number of benzene rings is 11. The van der Waals surface area contributed by atoms with Crippen LogP contribution in [0.25, 0.3) is 48.6 Å². The Kier molecular flexibility index (Phi) is 36.0. The van der Waals surface area contributed by atoms with Gasteiger partial charge in [0.25, 0.3) is 0 Å². The van der Waals surface area contributed by atoms with Crippen molar-refractivity contribution in [1.29, 1.82) is 0 Å². The first kappa shape index (κ1) is 107. The predicted molar refractivity (Wildman–Crippen MR) is 472 cm³/mol. The van der Waals surface area contributed by atoms with Crippen LogP contribution in [-0.4, -0.2) is 36.9 Å². The lowest BCUT2D eigenvalue weighted by Gasteiger charge is -2.45. The molecule has 0 unspecified atom stereocenters. The standard InChI is InChI=1S/2C32H12BF16.C18H15P.C16H36P/c2*1-5-9-17(34)25(42)13(26(43)18(9)35)33(14-27(44)19(36)10(6-2)20(37)28(14)45,15-29(46)21(38)11(7-3)22(39)30(15)47)16-31(48)23(40)12(8-4)24(41)32(16)49;1-4-10-16(11-5-1)19(17-12-6-2-7-13-17)18-14-8-3-9-15-18;1-5-9-13-17(14-10-6-2,15-11-7-3)16-12-8-4/h2*5-8H,1-4H2;1-15H;5-16H2,1-4H3/q2*-1;;+1/p+1. The van der Waals surface area contributed by atoms with Gasteiger partial charge < -0.3 is 0 Å². The molecule has 134 heavy (non-hydrogen) atoms. The number of hydrogen-bond acceptors (Lipinski definition) is 0. The van der Waals surface area contributed by atoms with Gasteiger partial charge in [0.05, 0.1) is 77.1 Å². The molecule has 0 spiro atoms. The van der Waals surface area contributed by atoms with Crippen LogP contribution >= 0.6 is 15.2 Å². The highest BCUT2D eigenvalue weighted by Gasteiger charge is 2.55. The molecule has 11 aromatic carbocycles. The third-order valence-corrected chi connectivity index (χ3v) is 30.7. The number of hydrogen-bond donors (Lipinski definition) is 0. The molecule has 0 atom stereocenters. The molecule has 0 heterocycles. The van der Waals surface area contributed by atoms with Gasteiger partial charge in [-0.05, 0) is 62.1 Å². The number of rotatable bonds is 31. The summed E-state index contributed by atoms with van der Waals surface area (Å²) in [6, 6.07) is 32.5. The molecule has 0 saturated carbocycles. The van der Waals surface area contributed by atoms with Crippen LogP contribution < -0.4 is 59.6 Å². The maximum atomic E-state index is 16.1. The van der Waals surface area contributed by atoms with Gasteiger partial charge >= 0.3 is 0 Å². The molecule has 0 aliphatic carbocycles. The summed E-state index contributed by atoms with van der Waals surface area (Å²) in [4.78, 5) is 0. The van der Waals surface area contributed by atoms with E-state index in [1.54, 1.807) is 24.6 Å². The van der Waals surface area contributed by atoms with Gasteiger partial charge in [-0.15, -0.1) is 43.7 Å². The molecule has 0 fully saturated rings. The fourth-order valence-corrected chi connectivity index (χ4v) is 24.4. The third kappa shape index (κ3) is 18.9. The largest absolute Gasteiger partial charge is 0.207 e. The summed E-state index contributed by atoms with van der Waals surface area (Å²) in [7, 11) is -1.44. The molecule has 0 N–H and O–H groups in total. The molecular formula is C98H76B2F32P2. The van der Waals surface area contributed by atoms with Crippen molar-refractivity contribution in [1.82, 2.24) is 0 Å². The van der Waals surface area contributed by atoms with E-state index in [1.165, 1.54) is 67.3 Å². The highest BCUT2D eigenvalue weighted by atomic mass is 31.2. The van der Waals surface area contributed by atoms with Gasteiger partial charge in [-0.3, -0.25) is 0 Å². The minimum Gasteiger partial charge on any atom is -0.207 e. The smallest absolute Gasteiger partial charge is 0.165 e. The molecule has 0 aliphatic rings. The van der Waals surface area contributed by atoms with Gasteiger partial charge in [0.2, 0.25) is 0 Å². The SMILES string of the molecule is C=Cc1c(F)c(F)c([B-](c2c(F)c(F)c(C=C)c(F)c2F)(c2c(F)c(F)c(C=C)c(F)c2F)c2c(F)c(F)c(C=C)c(F)c2F)c(F)c1F.C=Cc1c(F)c(F)c([B-](c2c(F)c(F)c(C=C)c(F)c2F)(c2c(F)c(F)c(C=C)c(F)c2F)c2c(F)c(F)c(C=C)c(F)c2F)c(F)c1F.CCCC[P+](CCCC)(CCCC)CCCC.c1ccc([PH+](c2ccccc2)c2ccccc2)cc1. The van der Waals surface area contributed by atoms with Crippen LogP contribution in [0, 0.1) is 186 Å². The summed E-state index contributed by atoms with van der Waals surface area (Å²) in [5, 5.41) is 4.31. The maximum absolute atomic E-state index is 16.1.